The standard InChI is InChI=1S/C11H13NO3S/c1-2-5-3-4-6-7(11(14)15)10(12)16-9(6)8(5)13/h5H,2-4,12H2,1H3,(H,14,15). The topological polar surface area (TPSA) is 80.4 Å². The lowest BCUT2D eigenvalue weighted by atomic mass is 9.84. The number of carboxylic acid groups (broad SMARTS) is 1. The number of hydrogen-bond acceptors (Lipinski definition) is 4. The fraction of sp³-hybridized carbons (Fsp3) is 0.455. The second-order valence-electron chi connectivity index (χ2n) is 3.96. The van der Waals surface area contributed by atoms with Crippen LogP contribution in [0.2, 0.25) is 0 Å². The van der Waals surface area contributed by atoms with Gasteiger partial charge >= 0.3 is 5.97 Å². The highest BCUT2D eigenvalue weighted by atomic mass is 32.1. The lowest BCUT2D eigenvalue weighted by Crippen LogP contribution is -2.21. The van der Waals surface area contributed by atoms with E-state index < -0.39 is 5.97 Å². The van der Waals surface area contributed by atoms with E-state index in [4.69, 9.17) is 10.8 Å². The van der Waals surface area contributed by atoms with Gasteiger partial charge in [0, 0.05) is 5.92 Å². The molecule has 1 aromatic rings. The second-order valence-corrected chi connectivity index (χ2v) is 5.01. The molecule has 1 unspecified atom stereocenters. The molecule has 4 nitrogen and oxygen atoms in total. The van der Waals surface area contributed by atoms with Gasteiger partial charge in [0.15, 0.2) is 5.78 Å². The van der Waals surface area contributed by atoms with Crippen LogP contribution in [0, 0.1) is 5.92 Å². The first-order valence-corrected chi connectivity index (χ1v) is 6.06. The van der Waals surface area contributed by atoms with E-state index in [-0.39, 0.29) is 22.3 Å². The molecule has 1 aliphatic carbocycles. The molecule has 0 saturated heterocycles. The van der Waals surface area contributed by atoms with Crippen molar-refractivity contribution in [2.75, 3.05) is 5.73 Å². The molecule has 16 heavy (non-hydrogen) atoms. The Kier molecular flexibility index (Phi) is 2.71. The minimum Gasteiger partial charge on any atom is -0.478 e. The molecule has 0 spiro atoms. The summed E-state index contributed by atoms with van der Waals surface area (Å²) in [6.07, 6.45) is 2.19. The Hall–Kier alpha value is -1.36. The fourth-order valence-electron chi connectivity index (χ4n) is 2.18. The van der Waals surface area contributed by atoms with Crippen molar-refractivity contribution in [3.63, 3.8) is 0 Å². The molecule has 0 amide bonds. The predicted molar refractivity (Wildman–Crippen MR) is 62.1 cm³/mol. The fourth-order valence-corrected chi connectivity index (χ4v) is 3.31. The van der Waals surface area contributed by atoms with Crippen LogP contribution in [-0.2, 0) is 6.42 Å². The average Bonchev–Trinajstić information content (AvgIpc) is 2.56. The quantitative estimate of drug-likeness (QED) is 0.829. The van der Waals surface area contributed by atoms with Crippen molar-refractivity contribution in [1.29, 1.82) is 0 Å². The first-order valence-electron chi connectivity index (χ1n) is 5.24. The molecule has 2 rings (SSSR count). The van der Waals surface area contributed by atoms with Crippen LogP contribution in [0.25, 0.3) is 0 Å². The van der Waals surface area contributed by atoms with E-state index in [9.17, 15) is 9.59 Å². The number of aromatic carboxylic acids is 1. The molecule has 0 radical (unpaired) electrons. The van der Waals surface area contributed by atoms with Gasteiger partial charge in [0.1, 0.15) is 5.00 Å². The molecular weight excluding hydrogens is 226 g/mol. The predicted octanol–water partition coefficient (Wildman–Crippen LogP) is 2.18. The summed E-state index contributed by atoms with van der Waals surface area (Å²) in [5.74, 6) is -0.933. The summed E-state index contributed by atoms with van der Waals surface area (Å²) in [5.41, 5.74) is 6.44. The van der Waals surface area contributed by atoms with E-state index in [1.54, 1.807) is 0 Å². The number of thiophene rings is 1. The summed E-state index contributed by atoms with van der Waals surface area (Å²) in [4.78, 5) is 23.6. The Balaban J connectivity index is 2.52. The van der Waals surface area contributed by atoms with Crippen LogP contribution in [0.15, 0.2) is 0 Å². The van der Waals surface area contributed by atoms with Crippen molar-refractivity contribution >= 4 is 28.1 Å². The number of nitrogens with two attached hydrogens (primary N) is 1. The van der Waals surface area contributed by atoms with Crippen LogP contribution in [-0.4, -0.2) is 16.9 Å². The zero-order valence-corrected chi connectivity index (χ0v) is 9.76. The van der Waals surface area contributed by atoms with Crippen LogP contribution in [0.5, 0.6) is 0 Å². The van der Waals surface area contributed by atoms with Crippen molar-refractivity contribution in [2.24, 2.45) is 5.92 Å². The molecule has 5 heteroatoms. The van der Waals surface area contributed by atoms with Gasteiger partial charge in [-0.2, -0.15) is 0 Å². The van der Waals surface area contributed by atoms with Gasteiger partial charge in [0.2, 0.25) is 0 Å². The van der Waals surface area contributed by atoms with Gasteiger partial charge in [-0.25, -0.2) is 4.79 Å². The number of hydrogen-bond donors (Lipinski definition) is 2. The van der Waals surface area contributed by atoms with Gasteiger partial charge in [0.25, 0.3) is 0 Å². The Labute approximate surface area is 97.1 Å². The monoisotopic (exact) mass is 239 g/mol. The number of Topliss-reactive ketones (excluding diaryl/α,β-unsaturated/α-hetero) is 1. The third kappa shape index (κ3) is 1.51. The summed E-state index contributed by atoms with van der Waals surface area (Å²) in [6, 6.07) is 0. The Bertz CT molecular complexity index is 464. The lowest BCUT2D eigenvalue weighted by molar-refractivity contribution is 0.0697. The molecule has 0 aliphatic heterocycles. The summed E-state index contributed by atoms with van der Waals surface area (Å²) < 4.78 is 0. The van der Waals surface area contributed by atoms with Gasteiger partial charge in [-0.15, -0.1) is 11.3 Å². The number of rotatable bonds is 2. The third-order valence-electron chi connectivity index (χ3n) is 3.08. The minimum absolute atomic E-state index is 0.0344. The molecule has 0 bridgehead atoms. The number of nitrogen functional groups attached to an aromatic ring is 1. The van der Waals surface area contributed by atoms with Gasteiger partial charge in [-0.1, -0.05) is 6.92 Å². The number of fused-ring (bicyclic) bond motifs is 1. The highest BCUT2D eigenvalue weighted by molar-refractivity contribution is 7.18. The van der Waals surface area contributed by atoms with Gasteiger partial charge < -0.3 is 10.8 Å². The van der Waals surface area contributed by atoms with E-state index in [1.165, 1.54) is 0 Å². The molecule has 3 N–H and O–H groups in total. The number of carbonyl (C=O) groups is 2. The number of ketones is 1. The largest absolute Gasteiger partial charge is 0.478 e. The third-order valence-corrected chi connectivity index (χ3v) is 4.15. The van der Waals surface area contributed by atoms with E-state index in [2.05, 4.69) is 0 Å². The number of anilines is 1. The van der Waals surface area contributed by atoms with E-state index in [0.717, 1.165) is 24.2 Å². The molecule has 0 fully saturated rings. The number of carbonyl (C=O) groups excluding carboxylic acids is 1. The Morgan fingerprint density at radius 3 is 2.88 bits per heavy atom. The van der Waals surface area contributed by atoms with E-state index >= 15 is 0 Å². The van der Waals surface area contributed by atoms with Crippen LogP contribution in [0.1, 0.15) is 45.4 Å². The van der Waals surface area contributed by atoms with E-state index in [0.29, 0.717) is 16.9 Å². The van der Waals surface area contributed by atoms with Crippen molar-refractivity contribution in [1.82, 2.24) is 0 Å². The molecule has 1 atom stereocenters. The smallest absolute Gasteiger partial charge is 0.338 e. The molecular formula is C11H13NO3S. The molecule has 86 valence electrons. The molecule has 1 aliphatic rings. The summed E-state index contributed by atoms with van der Waals surface area (Å²) in [6.45, 7) is 1.97. The number of carboxylic acids is 1. The van der Waals surface area contributed by atoms with Crippen LogP contribution >= 0.6 is 11.3 Å². The maximum atomic E-state index is 12.0. The van der Waals surface area contributed by atoms with Gasteiger partial charge in [-0.3, -0.25) is 4.79 Å². The minimum atomic E-state index is -1.03. The second kappa shape index (κ2) is 3.90. The Morgan fingerprint density at radius 1 is 1.62 bits per heavy atom. The zero-order chi connectivity index (χ0) is 11.9. The summed E-state index contributed by atoms with van der Waals surface area (Å²) in [5, 5.41) is 9.29. The normalized spacial score (nSPS) is 19.6. The highest BCUT2D eigenvalue weighted by Crippen LogP contribution is 2.38. The van der Waals surface area contributed by atoms with Crippen molar-refractivity contribution in [3.05, 3.63) is 16.0 Å². The van der Waals surface area contributed by atoms with Crippen LogP contribution in [0.3, 0.4) is 0 Å². The molecule has 0 aromatic carbocycles. The Morgan fingerprint density at radius 2 is 2.31 bits per heavy atom. The first kappa shape index (κ1) is 11.1. The maximum absolute atomic E-state index is 12.0. The van der Waals surface area contributed by atoms with Gasteiger partial charge in [-0.05, 0) is 24.8 Å². The van der Waals surface area contributed by atoms with Crippen LogP contribution < -0.4 is 5.73 Å². The zero-order valence-electron chi connectivity index (χ0n) is 8.95. The summed E-state index contributed by atoms with van der Waals surface area (Å²) in [7, 11) is 0. The van der Waals surface area contributed by atoms with E-state index in [1.807, 2.05) is 6.92 Å². The maximum Gasteiger partial charge on any atom is 0.338 e. The summed E-state index contributed by atoms with van der Waals surface area (Å²) >= 11 is 1.12. The first-order chi connectivity index (χ1) is 7.56. The van der Waals surface area contributed by atoms with Crippen molar-refractivity contribution in [2.45, 2.75) is 26.2 Å². The highest BCUT2D eigenvalue weighted by Gasteiger charge is 2.32. The average molecular weight is 239 g/mol. The van der Waals surface area contributed by atoms with Crippen LogP contribution in [0.4, 0.5) is 5.00 Å². The molecule has 1 heterocycles. The molecule has 0 saturated carbocycles. The SMILES string of the molecule is CCC1CCc2c(sc(N)c2C(=O)O)C1=O. The van der Waals surface area contributed by atoms with Crippen molar-refractivity contribution < 1.29 is 14.7 Å². The molecule has 1 aromatic heterocycles. The lowest BCUT2D eigenvalue weighted by Gasteiger charge is -2.19. The van der Waals surface area contributed by atoms with Gasteiger partial charge in [0.05, 0.1) is 10.4 Å². The van der Waals surface area contributed by atoms with Crippen molar-refractivity contribution in [3.8, 4) is 0 Å².